The van der Waals surface area contributed by atoms with Crippen LogP contribution in [0.15, 0.2) is 16.8 Å². The van der Waals surface area contributed by atoms with Crippen molar-refractivity contribution in [1.82, 2.24) is 4.90 Å². The van der Waals surface area contributed by atoms with Crippen LogP contribution >= 0.6 is 11.3 Å². The highest BCUT2D eigenvalue weighted by Gasteiger charge is 2.47. The van der Waals surface area contributed by atoms with Gasteiger partial charge in [0, 0.05) is 13.0 Å². The molecular formula is C15H19NO3S. The molecule has 1 saturated carbocycles. The second-order valence-electron chi connectivity index (χ2n) is 5.92. The van der Waals surface area contributed by atoms with Gasteiger partial charge >= 0.3 is 5.97 Å². The van der Waals surface area contributed by atoms with Gasteiger partial charge < -0.3 is 10.0 Å². The molecule has 2 fully saturated rings. The van der Waals surface area contributed by atoms with E-state index in [2.05, 4.69) is 11.4 Å². The summed E-state index contributed by atoms with van der Waals surface area (Å²) in [4.78, 5) is 25.8. The van der Waals surface area contributed by atoms with Gasteiger partial charge in [-0.05, 0) is 48.1 Å². The molecule has 1 amide bonds. The first-order valence-corrected chi connectivity index (χ1v) is 8.12. The number of likely N-dealkylation sites (tertiary alicyclic amines) is 1. The highest BCUT2D eigenvalue weighted by molar-refractivity contribution is 7.07. The largest absolute Gasteiger partial charge is 0.481 e. The lowest BCUT2D eigenvalue weighted by Gasteiger charge is -2.38. The van der Waals surface area contributed by atoms with Gasteiger partial charge in [-0.2, -0.15) is 11.3 Å². The van der Waals surface area contributed by atoms with E-state index in [-0.39, 0.29) is 18.4 Å². The van der Waals surface area contributed by atoms with E-state index in [1.165, 1.54) is 5.56 Å². The number of carbonyl (C=O) groups excluding carboxylic acids is 1. The van der Waals surface area contributed by atoms with Gasteiger partial charge in [0.1, 0.15) is 0 Å². The fourth-order valence-electron chi connectivity index (χ4n) is 3.34. The summed E-state index contributed by atoms with van der Waals surface area (Å²) in [6.07, 6.45) is 4.38. The minimum Gasteiger partial charge on any atom is -0.481 e. The van der Waals surface area contributed by atoms with E-state index in [4.69, 9.17) is 0 Å². The zero-order chi connectivity index (χ0) is 14.2. The minimum absolute atomic E-state index is 0.0146. The van der Waals surface area contributed by atoms with Crippen LogP contribution < -0.4 is 0 Å². The molecule has 20 heavy (non-hydrogen) atoms. The third-order valence-electron chi connectivity index (χ3n) is 4.76. The van der Waals surface area contributed by atoms with Crippen LogP contribution in [0.2, 0.25) is 0 Å². The molecule has 2 heterocycles. The summed E-state index contributed by atoms with van der Waals surface area (Å²) >= 11 is 1.64. The zero-order valence-electron chi connectivity index (χ0n) is 11.4. The van der Waals surface area contributed by atoms with Crippen LogP contribution in [0, 0.1) is 5.41 Å². The Morgan fingerprint density at radius 1 is 1.40 bits per heavy atom. The molecule has 2 aliphatic rings. The number of hydrogen-bond acceptors (Lipinski definition) is 3. The fraction of sp³-hybridized carbons (Fsp3) is 0.600. The van der Waals surface area contributed by atoms with Gasteiger partial charge in [0.15, 0.2) is 0 Å². The van der Waals surface area contributed by atoms with Crippen LogP contribution in [0.25, 0.3) is 0 Å². The predicted molar refractivity (Wildman–Crippen MR) is 76.5 cm³/mol. The number of aliphatic carboxylic acids is 1. The summed E-state index contributed by atoms with van der Waals surface area (Å²) < 4.78 is 0. The molecule has 4 nitrogen and oxygen atoms in total. The van der Waals surface area contributed by atoms with Crippen molar-refractivity contribution in [2.45, 2.75) is 44.6 Å². The Kier molecular flexibility index (Phi) is 3.54. The Hall–Kier alpha value is -1.36. The molecule has 0 spiro atoms. The van der Waals surface area contributed by atoms with Crippen molar-refractivity contribution in [3.63, 3.8) is 0 Å². The van der Waals surface area contributed by atoms with Crippen LogP contribution in [-0.4, -0.2) is 28.4 Å². The number of thiophene rings is 1. The van der Waals surface area contributed by atoms with Crippen LogP contribution in [0.1, 0.15) is 50.1 Å². The van der Waals surface area contributed by atoms with Gasteiger partial charge in [-0.15, -0.1) is 0 Å². The Labute approximate surface area is 122 Å². The number of carbonyl (C=O) groups is 2. The average molecular weight is 293 g/mol. The molecule has 1 aromatic rings. The smallest absolute Gasteiger partial charge is 0.310 e. The van der Waals surface area contributed by atoms with Crippen LogP contribution in [0.3, 0.4) is 0 Å². The van der Waals surface area contributed by atoms with E-state index >= 15 is 0 Å². The maximum Gasteiger partial charge on any atom is 0.310 e. The lowest BCUT2D eigenvalue weighted by molar-refractivity contribution is -0.159. The molecule has 1 saturated heterocycles. The zero-order valence-corrected chi connectivity index (χ0v) is 12.2. The quantitative estimate of drug-likeness (QED) is 0.928. The van der Waals surface area contributed by atoms with E-state index in [9.17, 15) is 14.7 Å². The summed E-state index contributed by atoms with van der Waals surface area (Å²) in [5, 5.41) is 13.5. The standard InChI is InChI=1S/C15H19NO3S/c17-13(9-15(14(18)19)5-2-6-15)16-7-1-3-12(16)11-4-8-20-10-11/h4,8,10,12H,1-3,5-7,9H2,(H,18,19). The van der Waals surface area contributed by atoms with E-state index < -0.39 is 11.4 Å². The first-order valence-electron chi connectivity index (χ1n) is 7.17. The van der Waals surface area contributed by atoms with Gasteiger partial charge in [-0.25, -0.2) is 0 Å². The lowest BCUT2D eigenvalue weighted by atomic mass is 9.66. The monoisotopic (exact) mass is 293 g/mol. The molecule has 3 rings (SSSR count). The normalized spacial score (nSPS) is 24.4. The number of nitrogens with zero attached hydrogens (tertiary/aromatic N) is 1. The van der Waals surface area contributed by atoms with Gasteiger partial charge in [0.05, 0.1) is 11.5 Å². The minimum atomic E-state index is -0.802. The van der Waals surface area contributed by atoms with Gasteiger partial charge in [0.2, 0.25) is 5.91 Å². The number of hydrogen-bond donors (Lipinski definition) is 1. The highest BCUT2D eigenvalue weighted by atomic mass is 32.1. The van der Waals surface area contributed by atoms with Crippen molar-refractivity contribution in [3.05, 3.63) is 22.4 Å². The second-order valence-corrected chi connectivity index (χ2v) is 6.70. The fourth-order valence-corrected chi connectivity index (χ4v) is 4.04. The Bertz CT molecular complexity index is 507. The lowest BCUT2D eigenvalue weighted by Crippen LogP contribution is -2.43. The van der Waals surface area contributed by atoms with Crippen LogP contribution in [0.5, 0.6) is 0 Å². The summed E-state index contributed by atoms with van der Waals surface area (Å²) in [6.45, 7) is 0.759. The molecule has 1 unspecified atom stereocenters. The molecule has 0 radical (unpaired) electrons. The van der Waals surface area contributed by atoms with Crippen molar-refractivity contribution >= 4 is 23.2 Å². The average Bonchev–Trinajstić information content (AvgIpc) is 3.01. The molecule has 1 aliphatic heterocycles. The van der Waals surface area contributed by atoms with E-state index in [1.807, 2.05) is 10.3 Å². The topological polar surface area (TPSA) is 57.6 Å². The summed E-state index contributed by atoms with van der Waals surface area (Å²) in [5.74, 6) is -0.788. The maximum absolute atomic E-state index is 12.5. The molecule has 0 bridgehead atoms. The van der Waals surface area contributed by atoms with Gasteiger partial charge in [-0.1, -0.05) is 6.42 Å². The summed E-state index contributed by atoms with van der Waals surface area (Å²) in [7, 11) is 0. The molecule has 1 aromatic heterocycles. The molecule has 1 atom stereocenters. The van der Waals surface area contributed by atoms with E-state index in [1.54, 1.807) is 11.3 Å². The first-order chi connectivity index (χ1) is 9.62. The van der Waals surface area contributed by atoms with Crippen molar-refractivity contribution in [3.8, 4) is 0 Å². The van der Waals surface area contributed by atoms with Gasteiger partial charge in [0.25, 0.3) is 0 Å². The van der Waals surface area contributed by atoms with Crippen LogP contribution in [-0.2, 0) is 9.59 Å². The molecule has 0 aromatic carbocycles. The third kappa shape index (κ3) is 2.24. The second kappa shape index (κ2) is 5.20. The molecule has 1 aliphatic carbocycles. The van der Waals surface area contributed by atoms with E-state index in [0.29, 0.717) is 12.8 Å². The molecule has 108 valence electrons. The third-order valence-corrected chi connectivity index (χ3v) is 5.46. The molecule has 5 heteroatoms. The van der Waals surface area contributed by atoms with Crippen LogP contribution in [0.4, 0.5) is 0 Å². The summed E-state index contributed by atoms with van der Waals surface area (Å²) in [5.41, 5.74) is 0.414. The SMILES string of the molecule is O=C(CC1(C(=O)O)CCC1)N1CCCC1c1ccsc1. The van der Waals surface area contributed by atoms with Crippen molar-refractivity contribution in [2.24, 2.45) is 5.41 Å². The Morgan fingerprint density at radius 2 is 2.20 bits per heavy atom. The summed E-state index contributed by atoms with van der Waals surface area (Å²) in [6, 6.07) is 2.22. The van der Waals surface area contributed by atoms with Gasteiger partial charge in [-0.3, -0.25) is 9.59 Å². The number of carboxylic acids is 1. The number of carboxylic acid groups (broad SMARTS) is 1. The maximum atomic E-state index is 12.5. The molecular weight excluding hydrogens is 274 g/mol. The first kappa shape index (κ1) is 13.6. The Balaban J connectivity index is 1.72. The van der Waals surface area contributed by atoms with Crippen molar-refractivity contribution < 1.29 is 14.7 Å². The van der Waals surface area contributed by atoms with E-state index in [0.717, 1.165) is 25.8 Å². The number of amides is 1. The highest BCUT2D eigenvalue weighted by Crippen LogP contribution is 2.45. The number of rotatable bonds is 4. The Morgan fingerprint density at radius 3 is 2.75 bits per heavy atom. The van der Waals surface area contributed by atoms with Crippen molar-refractivity contribution in [1.29, 1.82) is 0 Å². The predicted octanol–water partition coefficient (Wildman–Crippen LogP) is 3.06. The van der Waals surface area contributed by atoms with Crippen molar-refractivity contribution in [2.75, 3.05) is 6.54 Å². The molecule has 1 N–H and O–H groups in total.